The lowest BCUT2D eigenvalue weighted by atomic mass is 9.78. The van der Waals surface area contributed by atoms with E-state index in [1.807, 2.05) is 0 Å². The Bertz CT molecular complexity index is 1920. The summed E-state index contributed by atoms with van der Waals surface area (Å²) in [5.41, 5.74) is -0.144. The Morgan fingerprint density at radius 2 is 1.67 bits per heavy atom. The minimum Gasteiger partial charge on any atom is -0.507 e. The number of ketones is 2. The van der Waals surface area contributed by atoms with Crippen LogP contribution in [-0.4, -0.2) is 91.8 Å². The number of hydrogen-bond acceptors (Lipinski definition) is 12. The molecule has 3 aliphatic rings. The Kier molecular flexibility index (Phi) is 10.8. The number of carbonyl (C=O) groups excluding carboxylic acids is 4. The maximum Gasteiger partial charge on any atom is 0.312 e. The minimum absolute atomic E-state index is 0.00798. The van der Waals surface area contributed by atoms with E-state index in [0.717, 1.165) is 0 Å². The van der Waals surface area contributed by atoms with Crippen LogP contribution in [0.2, 0.25) is 0 Å². The van der Waals surface area contributed by atoms with Gasteiger partial charge in [-0.2, -0.15) is 0 Å². The second-order valence-electron chi connectivity index (χ2n) is 13.9. The van der Waals surface area contributed by atoms with E-state index in [-0.39, 0.29) is 50.7 Å². The van der Waals surface area contributed by atoms with E-state index in [4.69, 9.17) is 18.9 Å². The lowest BCUT2D eigenvalue weighted by molar-refractivity contribution is -0.160. The van der Waals surface area contributed by atoms with Crippen LogP contribution >= 0.6 is 0 Å². The molecule has 2 aromatic rings. The number of benzene rings is 1. The van der Waals surface area contributed by atoms with Crippen molar-refractivity contribution in [3.63, 3.8) is 0 Å². The van der Waals surface area contributed by atoms with Gasteiger partial charge < -0.3 is 39.3 Å². The number of Topliss-reactive ketones (excluding diaryl/α,β-unsaturated/α-hetero) is 2. The van der Waals surface area contributed by atoms with Gasteiger partial charge in [0.2, 0.25) is 5.78 Å². The number of aromatic hydroxyl groups is 1. The summed E-state index contributed by atoms with van der Waals surface area (Å²) in [4.78, 5) is 65.1. The highest BCUT2D eigenvalue weighted by Gasteiger charge is 2.52. The maximum absolute atomic E-state index is 14.2. The Labute approximate surface area is 301 Å². The second kappa shape index (κ2) is 14.6. The van der Waals surface area contributed by atoms with E-state index in [1.54, 1.807) is 39.8 Å². The van der Waals surface area contributed by atoms with Crippen molar-refractivity contribution >= 4 is 29.2 Å². The van der Waals surface area contributed by atoms with Crippen LogP contribution in [-0.2, 0) is 23.8 Å². The van der Waals surface area contributed by atoms with Gasteiger partial charge in [0, 0.05) is 61.3 Å². The van der Waals surface area contributed by atoms with Crippen LogP contribution in [0.5, 0.6) is 11.5 Å². The van der Waals surface area contributed by atoms with Crippen LogP contribution in [0.1, 0.15) is 80.4 Å². The van der Waals surface area contributed by atoms with Crippen LogP contribution in [0.4, 0.5) is 0 Å². The quantitative estimate of drug-likeness (QED) is 0.323. The van der Waals surface area contributed by atoms with Crippen LogP contribution in [0, 0.1) is 30.6 Å². The molecule has 9 atom stereocenters. The number of aromatic nitrogens is 2. The van der Waals surface area contributed by atoms with Gasteiger partial charge in [-0.3, -0.25) is 19.2 Å². The van der Waals surface area contributed by atoms with Crippen LogP contribution in [0.15, 0.2) is 47.5 Å². The molecule has 1 aromatic heterocycles. The topological polar surface area (TPSA) is 207 Å². The summed E-state index contributed by atoms with van der Waals surface area (Å²) in [5.74, 6) is -7.62. The third-order valence-electron chi connectivity index (χ3n) is 10.3. The van der Waals surface area contributed by atoms with E-state index in [1.165, 1.54) is 59.5 Å². The van der Waals surface area contributed by atoms with Gasteiger partial charge in [-0.15, -0.1) is 0 Å². The molecule has 0 saturated heterocycles. The highest BCUT2D eigenvalue weighted by molar-refractivity contribution is 6.56. The Morgan fingerprint density at radius 1 is 0.981 bits per heavy atom. The van der Waals surface area contributed by atoms with Gasteiger partial charge >= 0.3 is 11.8 Å². The van der Waals surface area contributed by atoms with Gasteiger partial charge in [-0.25, -0.2) is 9.98 Å². The summed E-state index contributed by atoms with van der Waals surface area (Å²) in [6.45, 7) is 12.6. The number of aromatic amines is 1. The second-order valence-corrected chi connectivity index (χ2v) is 13.9. The van der Waals surface area contributed by atoms with E-state index in [9.17, 15) is 34.5 Å². The predicted octanol–water partition coefficient (Wildman–Crippen LogP) is 4.15. The zero-order valence-corrected chi connectivity index (χ0v) is 30.6. The number of phenols is 1. The zero-order chi connectivity index (χ0) is 38.4. The van der Waals surface area contributed by atoms with Gasteiger partial charge in [-0.05, 0) is 19.9 Å². The number of fused-ring (bicyclic) bond motifs is 4. The van der Waals surface area contributed by atoms with Crippen molar-refractivity contribution in [1.29, 1.82) is 0 Å². The third kappa shape index (κ3) is 6.61. The summed E-state index contributed by atoms with van der Waals surface area (Å²) in [5, 5.41) is 34.0. The Morgan fingerprint density at radius 3 is 2.33 bits per heavy atom. The lowest BCUT2D eigenvalue weighted by Gasteiger charge is -2.38. The standard InChI is InChI=1S/C38H45N3O11/c1-16-11-10-12-17(2)37(48)41-29-28-27(39-15-40-28)24-25(33(29)46)32(45)21(6)35-26(24)36(47)38(8,52-35)50-14-13-23(49-9)18(3)34(51-22(7)42)20(5)31(44)19(4)30(16)43/h10-16,18-20,23,30-31,34,43-45H,1-9H3,(H,39,40)/b11-10+,14-13+,17-12-,41-29?/t16-,18+,19+,20+,23-,30-,31+,34+,38-/m0/s1. The number of aliphatic hydroxyl groups excluding tert-OH is 2. The average molecular weight is 720 g/mol. The molecule has 1 amide bonds. The number of aliphatic imine (C=N–C) groups is 1. The van der Waals surface area contributed by atoms with E-state index < -0.39 is 83.1 Å². The van der Waals surface area contributed by atoms with Crippen molar-refractivity contribution in [3.05, 3.63) is 64.9 Å². The molecule has 0 radical (unpaired) electrons. The number of ether oxygens (including phenoxy) is 4. The van der Waals surface area contributed by atoms with Crippen molar-refractivity contribution in [1.82, 2.24) is 9.97 Å². The first-order chi connectivity index (χ1) is 24.4. The summed E-state index contributed by atoms with van der Waals surface area (Å²) in [6.07, 6.45) is 4.95. The normalized spacial score (nSPS) is 33.2. The monoisotopic (exact) mass is 719 g/mol. The third-order valence-corrected chi connectivity index (χ3v) is 10.3. The number of nitrogens with zero attached hydrogens (tertiary/aromatic N) is 2. The van der Waals surface area contributed by atoms with Gasteiger partial charge in [0.1, 0.15) is 23.3 Å². The molecule has 5 bridgehead atoms. The number of H-pyrrole nitrogens is 1. The molecule has 2 aliphatic heterocycles. The fourth-order valence-electron chi connectivity index (χ4n) is 7.08. The van der Waals surface area contributed by atoms with Gasteiger partial charge in [0.15, 0.2) is 0 Å². The highest BCUT2D eigenvalue weighted by atomic mass is 16.7. The summed E-state index contributed by atoms with van der Waals surface area (Å²) >= 11 is 0. The maximum atomic E-state index is 14.2. The molecule has 4 N–H and O–H groups in total. The number of rotatable bonds is 2. The number of amides is 1. The van der Waals surface area contributed by atoms with Crippen LogP contribution in [0.25, 0.3) is 11.3 Å². The molecule has 1 aliphatic carbocycles. The summed E-state index contributed by atoms with van der Waals surface area (Å²) in [7, 11) is 1.44. The number of methoxy groups -OCH3 is 1. The number of imidazole rings is 1. The molecule has 14 nitrogen and oxygen atoms in total. The van der Waals surface area contributed by atoms with Gasteiger partial charge in [0.05, 0.1) is 53.4 Å². The predicted molar refractivity (Wildman–Crippen MR) is 188 cm³/mol. The first kappa shape index (κ1) is 38.3. The molecule has 0 fully saturated rings. The van der Waals surface area contributed by atoms with Crippen molar-refractivity contribution in [2.45, 2.75) is 85.6 Å². The lowest BCUT2D eigenvalue weighted by Crippen LogP contribution is -2.46. The number of hydrogen-bond donors (Lipinski definition) is 4. The van der Waals surface area contributed by atoms with Crippen molar-refractivity contribution in [2.24, 2.45) is 28.7 Å². The first-order valence-electron chi connectivity index (χ1n) is 17.1. The number of allylic oxidation sites excluding steroid dienone is 2. The zero-order valence-electron chi connectivity index (χ0n) is 30.6. The van der Waals surface area contributed by atoms with E-state index in [0.29, 0.717) is 0 Å². The fraction of sp³-hybridized carbons (Fsp3) is 0.474. The fourth-order valence-corrected chi connectivity index (χ4v) is 7.08. The molecule has 0 saturated carbocycles. The number of phenolic OH excluding ortho intramolecular Hbond substituents is 1. The minimum atomic E-state index is -1.96. The average Bonchev–Trinajstić information content (AvgIpc) is 3.69. The smallest absolute Gasteiger partial charge is 0.312 e. The van der Waals surface area contributed by atoms with E-state index in [2.05, 4.69) is 15.0 Å². The molecule has 0 spiro atoms. The number of nitrogens with one attached hydrogen (secondary N) is 1. The van der Waals surface area contributed by atoms with Crippen molar-refractivity contribution in [3.8, 4) is 22.8 Å². The molecule has 5 rings (SSSR count). The molecule has 0 unspecified atom stereocenters. The van der Waals surface area contributed by atoms with Crippen molar-refractivity contribution in [2.75, 3.05) is 7.11 Å². The van der Waals surface area contributed by atoms with Gasteiger partial charge in [-0.1, -0.05) is 45.9 Å². The molecule has 52 heavy (non-hydrogen) atoms. The van der Waals surface area contributed by atoms with Crippen molar-refractivity contribution < 1.29 is 53.4 Å². The summed E-state index contributed by atoms with van der Waals surface area (Å²) < 4.78 is 23.5. The largest absolute Gasteiger partial charge is 0.507 e. The molecular weight excluding hydrogens is 674 g/mol. The molecule has 1 aromatic carbocycles. The molecule has 14 heteroatoms. The number of carbonyl (C=O) groups is 4. The number of esters is 1. The van der Waals surface area contributed by atoms with Crippen LogP contribution < -0.4 is 4.74 Å². The molecule has 3 heterocycles. The Balaban J connectivity index is 1.66. The van der Waals surface area contributed by atoms with E-state index >= 15 is 0 Å². The first-order valence-corrected chi connectivity index (χ1v) is 17.1. The SMILES string of the molecule is CO[C@H]1/C=C/O[C@@]2(C)Oc3c(C)c(O)c4c(c3C2=O)-c2nc[nH]c2C(=NC(=O)/C(C)=C\C=C\[C@H](C)[C@H](O)[C@@H](C)[C@@H](O)[C@@H](C)[C@H](OC(C)=O)[C@@H]1C)C4=O. The van der Waals surface area contributed by atoms with Crippen LogP contribution in [0.3, 0.4) is 0 Å². The number of aliphatic hydroxyl groups is 2. The molecule has 278 valence electrons. The Hall–Kier alpha value is -4.92. The molecular formula is C38H45N3O11. The van der Waals surface area contributed by atoms with Gasteiger partial charge in [0.25, 0.3) is 11.7 Å². The summed E-state index contributed by atoms with van der Waals surface area (Å²) in [6, 6.07) is 0. The highest BCUT2D eigenvalue weighted by Crippen LogP contribution is 2.51.